The first-order chi connectivity index (χ1) is 13.1. The maximum Gasteiger partial charge on any atom is 0.280 e. The molecular weight excluding hydrogens is 360 g/mol. The molecule has 0 amide bonds. The molecule has 0 bridgehead atoms. The molecule has 0 fully saturated rings. The number of hydrogen-bond donors (Lipinski definition) is 2. The summed E-state index contributed by atoms with van der Waals surface area (Å²) in [5.41, 5.74) is 2.62. The maximum atomic E-state index is 12.8. The molecule has 0 radical (unpaired) electrons. The molecule has 0 atom stereocenters. The Labute approximate surface area is 159 Å². The van der Waals surface area contributed by atoms with Crippen LogP contribution in [0, 0.1) is 11.7 Å². The molecule has 134 valence electrons. The van der Waals surface area contributed by atoms with E-state index in [1.807, 2.05) is 67.6 Å². The number of aromatic nitrogens is 5. The van der Waals surface area contributed by atoms with Gasteiger partial charge in [-0.1, -0.05) is 48.5 Å². The fraction of sp³-hybridized carbons (Fsp3) is 0.0526. The molecule has 0 spiro atoms. The van der Waals surface area contributed by atoms with Gasteiger partial charge in [-0.3, -0.25) is 9.89 Å². The highest BCUT2D eigenvalue weighted by molar-refractivity contribution is 7.71. The summed E-state index contributed by atoms with van der Waals surface area (Å²) in [7, 11) is 0. The number of aryl methyl sites for hydroxylation is 1. The lowest BCUT2D eigenvalue weighted by Gasteiger charge is -2.00. The minimum Gasteiger partial charge on any atom is -0.295 e. The summed E-state index contributed by atoms with van der Waals surface area (Å²) in [5.74, 6) is 0.577. The standard InChI is InChI=1S/C19H16N6OS/c1-13-16(18(26)24(23-13)15-10-6-3-7-11-15)12-20-25-17(21-22-19(25)27)14-8-4-2-5-9-14/h2-12,23H,1H3,(H,22,27). The average molecular weight is 376 g/mol. The first-order valence-corrected chi connectivity index (χ1v) is 8.70. The van der Waals surface area contributed by atoms with Crippen molar-refractivity contribution in [2.45, 2.75) is 6.92 Å². The summed E-state index contributed by atoms with van der Waals surface area (Å²) < 4.78 is 3.34. The van der Waals surface area contributed by atoms with Crippen LogP contribution < -0.4 is 5.56 Å². The molecule has 0 unspecified atom stereocenters. The zero-order chi connectivity index (χ0) is 18.8. The lowest BCUT2D eigenvalue weighted by molar-refractivity contribution is 0.835. The molecule has 2 aromatic carbocycles. The van der Waals surface area contributed by atoms with Crippen molar-refractivity contribution in [2.75, 3.05) is 0 Å². The van der Waals surface area contributed by atoms with Crippen molar-refractivity contribution in [1.29, 1.82) is 0 Å². The number of aromatic amines is 2. The zero-order valence-electron chi connectivity index (χ0n) is 14.5. The normalized spacial score (nSPS) is 11.3. The third-order valence-corrected chi connectivity index (χ3v) is 4.38. The van der Waals surface area contributed by atoms with E-state index in [2.05, 4.69) is 20.4 Å². The predicted octanol–water partition coefficient (Wildman–Crippen LogP) is 3.28. The molecule has 0 saturated heterocycles. The molecule has 2 N–H and O–H groups in total. The van der Waals surface area contributed by atoms with Crippen molar-refractivity contribution in [1.82, 2.24) is 24.7 Å². The number of nitrogens with one attached hydrogen (secondary N) is 2. The quantitative estimate of drug-likeness (QED) is 0.423. The molecule has 8 heteroatoms. The first-order valence-electron chi connectivity index (χ1n) is 8.29. The van der Waals surface area contributed by atoms with Crippen LogP contribution >= 0.6 is 12.2 Å². The molecule has 0 saturated carbocycles. The van der Waals surface area contributed by atoms with Gasteiger partial charge in [0.05, 0.1) is 17.5 Å². The van der Waals surface area contributed by atoms with Crippen LogP contribution in [0.3, 0.4) is 0 Å². The van der Waals surface area contributed by atoms with E-state index >= 15 is 0 Å². The molecule has 0 aliphatic heterocycles. The van der Waals surface area contributed by atoms with E-state index < -0.39 is 0 Å². The zero-order valence-corrected chi connectivity index (χ0v) is 15.3. The minimum atomic E-state index is -0.182. The van der Waals surface area contributed by atoms with Crippen LogP contribution in [-0.4, -0.2) is 30.9 Å². The second-order valence-electron chi connectivity index (χ2n) is 5.90. The lowest BCUT2D eigenvalue weighted by atomic mass is 10.2. The SMILES string of the molecule is Cc1[nH]n(-c2ccccc2)c(=O)c1C=Nn1c(-c2ccccc2)n[nH]c1=S. The van der Waals surface area contributed by atoms with Crippen molar-refractivity contribution >= 4 is 18.4 Å². The van der Waals surface area contributed by atoms with E-state index in [0.717, 1.165) is 11.3 Å². The monoisotopic (exact) mass is 376 g/mol. The van der Waals surface area contributed by atoms with Gasteiger partial charge in [-0.2, -0.15) is 14.9 Å². The molecule has 27 heavy (non-hydrogen) atoms. The van der Waals surface area contributed by atoms with Gasteiger partial charge < -0.3 is 0 Å². The lowest BCUT2D eigenvalue weighted by Crippen LogP contribution is -2.17. The molecule has 0 aliphatic carbocycles. The van der Waals surface area contributed by atoms with Crippen molar-refractivity contribution in [3.05, 3.63) is 87.0 Å². The Morgan fingerprint density at radius 1 is 1.07 bits per heavy atom. The Morgan fingerprint density at radius 3 is 2.44 bits per heavy atom. The van der Waals surface area contributed by atoms with Crippen LogP contribution in [0.5, 0.6) is 0 Å². The largest absolute Gasteiger partial charge is 0.295 e. The van der Waals surface area contributed by atoms with Gasteiger partial charge in [-0.15, -0.1) is 0 Å². The van der Waals surface area contributed by atoms with Crippen LogP contribution in [0.25, 0.3) is 17.1 Å². The van der Waals surface area contributed by atoms with Crippen LogP contribution in [0.1, 0.15) is 11.3 Å². The third kappa shape index (κ3) is 3.18. The topological polar surface area (TPSA) is 83.8 Å². The second kappa shape index (κ2) is 7.00. The number of para-hydroxylation sites is 1. The Morgan fingerprint density at radius 2 is 1.74 bits per heavy atom. The Balaban J connectivity index is 1.76. The van der Waals surface area contributed by atoms with E-state index in [9.17, 15) is 4.79 Å². The number of rotatable bonds is 4. The van der Waals surface area contributed by atoms with Gasteiger partial charge in [0.2, 0.25) is 4.77 Å². The molecular formula is C19H16N6OS. The van der Waals surface area contributed by atoms with Crippen molar-refractivity contribution in [3.63, 3.8) is 0 Å². The molecule has 4 rings (SSSR count). The fourth-order valence-electron chi connectivity index (χ4n) is 2.76. The molecule has 4 aromatic rings. The second-order valence-corrected chi connectivity index (χ2v) is 6.29. The molecule has 7 nitrogen and oxygen atoms in total. The molecule has 0 aliphatic rings. The molecule has 2 heterocycles. The summed E-state index contributed by atoms with van der Waals surface area (Å²) in [6.07, 6.45) is 1.51. The van der Waals surface area contributed by atoms with Gasteiger partial charge in [0.15, 0.2) is 5.82 Å². The van der Waals surface area contributed by atoms with E-state index in [0.29, 0.717) is 21.9 Å². The summed E-state index contributed by atoms with van der Waals surface area (Å²) in [6.45, 7) is 1.83. The highest BCUT2D eigenvalue weighted by Crippen LogP contribution is 2.16. The number of nitrogens with zero attached hydrogens (tertiary/aromatic N) is 4. The van der Waals surface area contributed by atoms with Crippen molar-refractivity contribution < 1.29 is 0 Å². The van der Waals surface area contributed by atoms with Gasteiger partial charge >= 0.3 is 0 Å². The van der Waals surface area contributed by atoms with Gasteiger partial charge in [0.1, 0.15) is 0 Å². The van der Waals surface area contributed by atoms with E-state index in [4.69, 9.17) is 12.2 Å². The number of benzene rings is 2. The summed E-state index contributed by atoms with van der Waals surface area (Å²) in [5, 5.41) is 14.5. The number of H-pyrrole nitrogens is 2. The van der Waals surface area contributed by atoms with Crippen LogP contribution in [0.2, 0.25) is 0 Å². The maximum absolute atomic E-state index is 12.8. The Bertz CT molecular complexity index is 1210. The fourth-order valence-corrected chi connectivity index (χ4v) is 2.94. The average Bonchev–Trinajstić information content (AvgIpc) is 3.21. The Hall–Kier alpha value is -3.52. The smallest absolute Gasteiger partial charge is 0.280 e. The third-order valence-electron chi connectivity index (χ3n) is 4.12. The number of hydrogen-bond acceptors (Lipinski definition) is 4. The van der Waals surface area contributed by atoms with Gasteiger partial charge in [0.25, 0.3) is 5.56 Å². The van der Waals surface area contributed by atoms with Crippen molar-refractivity contribution in [3.8, 4) is 17.1 Å². The summed E-state index contributed by atoms with van der Waals surface area (Å²) in [4.78, 5) is 12.8. The summed E-state index contributed by atoms with van der Waals surface area (Å²) >= 11 is 5.28. The minimum absolute atomic E-state index is 0.182. The first kappa shape index (κ1) is 16.9. The van der Waals surface area contributed by atoms with Gasteiger partial charge in [0, 0.05) is 11.3 Å². The van der Waals surface area contributed by atoms with Crippen LogP contribution in [-0.2, 0) is 0 Å². The van der Waals surface area contributed by atoms with Gasteiger partial charge in [-0.25, -0.2) is 9.78 Å². The van der Waals surface area contributed by atoms with Crippen LogP contribution in [0.15, 0.2) is 70.6 Å². The highest BCUT2D eigenvalue weighted by Gasteiger charge is 2.12. The Kier molecular flexibility index (Phi) is 4.39. The molecule has 2 aromatic heterocycles. The van der Waals surface area contributed by atoms with E-state index in [-0.39, 0.29) is 5.56 Å². The predicted molar refractivity (Wildman–Crippen MR) is 107 cm³/mol. The summed E-state index contributed by atoms with van der Waals surface area (Å²) in [6, 6.07) is 19.0. The van der Waals surface area contributed by atoms with E-state index in [1.165, 1.54) is 15.6 Å². The van der Waals surface area contributed by atoms with E-state index in [1.54, 1.807) is 0 Å². The van der Waals surface area contributed by atoms with Gasteiger partial charge in [-0.05, 0) is 31.3 Å². The van der Waals surface area contributed by atoms with Crippen molar-refractivity contribution in [2.24, 2.45) is 5.10 Å². The van der Waals surface area contributed by atoms with Crippen LogP contribution in [0.4, 0.5) is 0 Å². The highest BCUT2D eigenvalue weighted by atomic mass is 32.1.